The fraction of sp³-hybridized carbons (Fsp3) is 0.889. The van der Waals surface area contributed by atoms with E-state index in [1.54, 1.807) is 0 Å². The lowest BCUT2D eigenvalue weighted by Crippen LogP contribution is -2.14. The second-order valence-corrected chi connectivity index (χ2v) is 4.08. The molecule has 0 N–H and O–H groups in total. The van der Waals surface area contributed by atoms with E-state index in [0.717, 1.165) is 6.42 Å². The minimum atomic E-state index is 0.149. The first-order chi connectivity index (χ1) is 4.48. The number of rotatable bonds is 4. The first-order valence-corrected chi connectivity index (χ1v) is 3.83. The fourth-order valence-electron chi connectivity index (χ4n) is 1.37. The zero-order chi connectivity index (χ0) is 8.20. The molecule has 0 bridgehead atoms. The lowest BCUT2D eigenvalue weighted by Gasteiger charge is -2.23. The standard InChI is InChI=1S/C9H17O/c1-8(2)7-9(3,4)5-6-10/h8H,5,7H2,1-4H3. The largest absolute Gasteiger partial charge is 0.291 e. The van der Waals surface area contributed by atoms with Crippen molar-refractivity contribution in [2.24, 2.45) is 11.3 Å². The third-order valence-corrected chi connectivity index (χ3v) is 1.51. The molecule has 0 aromatic carbocycles. The van der Waals surface area contributed by atoms with Crippen molar-refractivity contribution >= 4 is 6.29 Å². The Kier molecular flexibility index (Phi) is 3.62. The molecule has 1 heteroatoms. The Labute approximate surface area is 63.8 Å². The molecule has 0 atom stereocenters. The van der Waals surface area contributed by atoms with Gasteiger partial charge in [-0.15, -0.1) is 0 Å². The molecular formula is C9H17O. The molecule has 0 aromatic heterocycles. The quantitative estimate of drug-likeness (QED) is 0.588. The van der Waals surface area contributed by atoms with Crippen molar-refractivity contribution < 1.29 is 4.79 Å². The molecule has 0 unspecified atom stereocenters. The van der Waals surface area contributed by atoms with Crippen molar-refractivity contribution in [3.8, 4) is 0 Å². The van der Waals surface area contributed by atoms with Gasteiger partial charge in [0.1, 0.15) is 0 Å². The van der Waals surface area contributed by atoms with Crippen molar-refractivity contribution in [2.75, 3.05) is 0 Å². The Hall–Kier alpha value is -0.330. The van der Waals surface area contributed by atoms with Crippen molar-refractivity contribution in [2.45, 2.75) is 40.5 Å². The van der Waals surface area contributed by atoms with E-state index >= 15 is 0 Å². The summed E-state index contributed by atoms with van der Waals surface area (Å²) in [4.78, 5) is 10.1. The average molecular weight is 141 g/mol. The molecule has 0 fully saturated rings. The topological polar surface area (TPSA) is 17.1 Å². The van der Waals surface area contributed by atoms with Gasteiger partial charge in [0, 0.05) is 6.42 Å². The predicted octanol–water partition coefficient (Wildman–Crippen LogP) is 2.56. The van der Waals surface area contributed by atoms with Crippen LogP contribution in [0.1, 0.15) is 40.5 Å². The molecule has 0 spiro atoms. The van der Waals surface area contributed by atoms with Crippen molar-refractivity contribution in [1.82, 2.24) is 0 Å². The van der Waals surface area contributed by atoms with Gasteiger partial charge in [0.15, 0.2) is 6.29 Å². The van der Waals surface area contributed by atoms with Crippen LogP contribution >= 0.6 is 0 Å². The number of hydrogen-bond acceptors (Lipinski definition) is 1. The van der Waals surface area contributed by atoms with E-state index in [2.05, 4.69) is 27.7 Å². The Morgan fingerprint density at radius 3 is 2.20 bits per heavy atom. The summed E-state index contributed by atoms with van der Waals surface area (Å²) < 4.78 is 0. The molecule has 10 heavy (non-hydrogen) atoms. The van der Waals surface area contributed by atoms with E-state index in [1.165, 1.54) is 0 Å². The smallest absolute Gasteiger partial charge is 0.198 e. The highest BCUT2D eigenvalue weighted by Crippen LogP contribution is 2.27. The summed E-state index contributed by atoms with van der Waals surface area (Å²) in [6.07, 6.45) is 3.62. The van der Waals surface area contributed by atoms with Crippen LogP contribution in [0.15, 0.2) is 0 Å². The van der Waals surface area contributed by atoms with E-state index in [0.29, 0.717) is 12.3 Å². The highest BCUT2D eigenvalue weighted by molar-refractivity contribution is 5.51. The lowest BCUT2D eigenvalue weighted by molar-refractivity contribution is 0.295. The van der Waals surface area contributed by atoms with E-state index in [9.17, 15) is 4.79 Å². The van der Waals surface area contributed by atoms with Crippen molar-refractivity contribution in [1.29, 1.82) is 0 Å². The molecule has 0 rings (SSSR count). The van der Waals surface area contributed by atoms with Crippen LogP contribution < -0.4 is 0 Å². The summed E-state index contributed by atoms with van der Waals surface area (Å²) in [5.41, 5.74) is 0.149. The summed E-state index contributed by atoms with van der Waals surface area (Å²) in [5, 5.41) is 0. The predicted molar refractivity (Wildman–Crippen MR) is 43.5 cm³/mol. The minimum absolute atomic E-state index is 0.149. The molecule has 0 aliphatic heterocycles. The molecule has 1 nitrogen and oxygen atoms in total. The molecule has 0 aliphatic carbocycles. The maximum absolute atomic E-state index is 10.1. The van der Waals surface area contributed by atoms with Gasteiger partial charge in [-0.1, -0.05) is 27.7 Å². The maximum atomic E-state index is 10.1. The normalized spacial score (nSPS) is 12.1. The summed E-state index contributed by atoms with van der Waals surface area (Å²) in [7, 11) is 0. The van der Waals surface area contributed by atoms with Crippen LogP contribution in [0.2, 0.25) is 0 Å². The average Bonchev–Trinajstić information content (AvgIpc) is 1.59. The Morgan fingerprint density at radius 2 is 1.90 bits per heavy atom. The molecule has 59 valence electrons. The fourth-order valence-corrected chi connectivity index (χ4v) is 1.37. The second-order valence-electron chi connectivity index (χ2n) is 4.08. The van der Waals surface area contributed by atoms with Gasteiger partial charge in [0.05, 0.1) is 0 Å². The third kappa shape index (κ3) is 4.54. The van der Waals surface area contributed by atoms with Gasteiger partial charge in [-0.2, -0.15) is 0 Å². The molecule has 0 saturated carbocycles. The third-order valence-electron chi connectivity index (χ3n) is 1.51. The molecular weight excluding hydrogens is 124 g/mol. The van der Waals surface area contributed by atoms with Crippen LogP contribution in [0.25, 0.3) is 0 Å². The van der Waals surface area contributed by atoms with Gasteiger partial charge in [0.25, 0.3) is 0 Å². The Balaban J connectivity index is 3.73. The molecule has 0 saturated heterocycles. The zero-order valence-electron chi connectivity index (χ0n) is 7.40. The molecule has 0 amide bonds. The second kappa shape index (κ2) is 3.75. The van der Waals surface area contributed by atoms with Gasteiger partial charge in [-0.3, -0.25) is 4.79 Å². The summed E-state index contributed by atoms with van der Waals surface area (Å²) >= 11 is 0. The van der Waals surface area contributed by atoms with E-state index in [-0.39, 0.29) is 5.41 Å². The number of carbonyl (C=O) groups excluding carboxylic acids is 1. The van der Waals surface area contributed by atoms with Crippen LogP contribution in [0.3, 0.4) is 0 Å². The Bertz CT molecular complexity index is 103. The molecule has 0 aromatic rings. The van der Waals surface area contributed by atoms with Crippen LogP contribution in [0.5, 0.6) is 0 Å². The SMILES string of the molecule is CC(C)CC(C)(C)C[C]=O. The Morgan fingerprint density at radius 1 is 1.40 bits per heavy atom. The minimum Gasteiger partial charge on any atom is -0.291 e. The number of hydrogen-bond donors (Lipinski definition) is 0. The molecule has 1 radical (unpaired) electrons. The van der Waals surface area contributed by atoms with Crippen molar-refractivity contribution in [3.63, 3.8) is 0 Å². The van der Waals surface area contributed by atoms with Gasteiger partial charge in [-0.05, 0) is 17.8 Å². The first kappa shape index (κ1) is 9.67. The van der Waals surface area contributed by atoms with E-state index in [1.807, 2.05) is 6.29 Å². The van der Waals surface area contributed by atoms with Crippen LogP contribution in [0.4, 0.5) is 0 Å². The highest BCUT2D eigenvalue weighted by Gasteiger charge is 2.18. The first-order valence-electron chi connectivity index (χ1n) is 3.83. The molecule has 0 aliphatic rings. The summed E-state index contributed by atoms with van der Waals surface area (Å²) in [6.45, 7) is 8.56. The highest BCUT2D eigenvalue weighted by atomic mass is 16.1. The van der Waals surface area contributed by atoms with Gasteiger partial charge in [0.2, 0.25) is 0 Å². The van der Waals surface area contributed by atoms with Crippen LogP contribution in [0, 0.1) is 11.3 Å². The van der Waals surface area contributed by atoms with Crippen LogP contribution in [-0.2, 0) is 4.79 Å². The van der Waals surface area contributed by atoms with E-state index in [4.69, 9.17) is 0 Å². The zero-order valence-corrected chi connectivity index (χ0v) is 7.40. The van der Waals surface area contributed by atoms with Gasteiger partial charge in [-0.25, -0.2) is 0 Å². The summed E-state index contributed by atoms with van der Waals surface area (Å²) in [5.74, 6) is 0.670. The van der Waals surface area contributed by atoms with Gasteiger partial charge < -0.3 is 0 Å². The van der Waals surface area contributed by atoms with Crippen molar-refractivity contribution in [3.05, 3.63) is 0 Å². The maximum Gasteiger partial charge on any atom is 0.198 e. The lowest BCUT2D eigenvalue weighted by atomic mass is 9.82. The summed E-state index contributed by atoms with van der Waals surface area (Å²) in [6, 6.07) is 0. The van der Waals surface area contributed by atoms with Crippen LogP contribution in [-0.4, -0.2) is 6.29 Å². The van der Waals surface area contributed by atoms with E-state index < -0.39 is 0 Å². The monoisotopic (exact) mass is 141 g/mol. The van der Waals surface area contributed by atoms with Gasteiger partial charge >= 0.3 is 0 Å². The molecule has 0 heterocycles.